The molecule has 0 unspecified atom stereocenters. The first-order valence-electron chi connectivity index (χ1n) is 10.5. The number of nitrogens with zero attached hydrogens (tertiary/aromatic N) is 1. The lowest BCUT2D eigenvalue weighted by molar-refractivity contribution is -0.935. The fraction of sp³-hybridized carbons (Fsp3) is 0.259. The molecule has 0 aromatic heterocycles. The molecule has 0 radical (unpaired) electrons. The van der Waals surface area contributed by atoms with Crippen LogP contribution in [0, 0.1) is 0 Å². The van der Waals surface area contributed by atoms with E-state index in [-0.39, 0.29) is 0 Å². The second kappa shape index (κ2) is 6.76. The monoisotopic (exact) mass is 366 g/mol. The van der Waals surface area contributed by atoms with E-state index in [0.29, 0.717) is 0 Å². The molecule has 1 aliphatic heterocycles. The summed E-state index contributed by atoms with van der Waals surface area (Å²) >= 11 is 0. The van der Waals surface area contributed by atoms with Gasteiger partial charge in [0.25, 0.3) is 0 Å². The van der Waals surface area contributed by atoms with Crippen LogP contribution in [0.3, 0.4) is 0 Å². The molecule has 0 fully saturated rings. The normalized spacial score (nSPS) is 15.2. The molecule has 1 aliphatic rings. The summed E-state index contributed by atoms with van der Waals surface area (Å²) in [6.45, 7) is 5.73. The highest BCUT2D eigenvalue weighted by atomic mass is 15.3. The van der Waals surface area contributed by atoms with E-state index >= 15 is 0 Å². The van der Waals surface area contributed by atoms with Crippen molar-refractivity contribution in [1.29, 1.82) is 0 Å². The Morgan fingerprint density at radius 1 is 0.679 bits per heavy atom. The molecule has 0 bridgehead atoms. The Bertz CT molecular complexity index is 1080. The van der Waals surface area contributed by atoms with E-state index in [1.807, 2.05) is 0 Å². The molecule has 140 valence electrons. The van der Waals surface area contributed by atoms with E-state index in [4.69, 9.17) is 0 Å². The molecule has 0 atom stereocenters. The van der Waals surface area contributed by atoms with Gasteiger partial charge in [-0.1, -0.05) is 86.1 Å². The van der Waals surface area contributed by atoms with Crippen LogP contribution in [0.25, 0.3) is 32.7 Å². The maximum absolute atomic E-state index is 2.44. The maximum Gasteiger partial charge on any atom is 0.105 e. The first-order valence-corrected chi connectivity index (χ1v) is 10.5. The van der Waals surface area contributed by atoms with Crippen molar-refractivity contribution in [3.63, 3.8) is 0 Å². The molecule has 0 spiro atoms. The summed E-state index contributed by atoms with van der Waals surface area (Å²) < 4.78 is 1.09. The molecular weight excluding hydrogens is 338 g/mol. The fourth-order valence-corrected chi connectivity index (χ4v) is 5.06. The van der Waals surface area contributed by atoms with Crippen molar-refractivity contribution >= 4 is 21.5 Å². The van der Waals surface area contributed by atoms with E-state index < -0.39 is 0 Å². The summed E-state index contributed by atoms with van der Waals surface area (Å²) in [6.07, 6.45) is 2.53. The van der Waals surface area contributed by atoms with Crippen molar-refractivity contribution in [3.8, 4) is 11.1 Å². The van der Waals surface area contributed by atoms with Crippen molar-refractivity contribution in [2.45, 2.75) is 32.9 Å². The number of hydrogen-bond donors (Lipinski definition) is 0. The molecule has 0 amide bonds. The van der Waals surface area contributed by atoms with E-state index in [0.717, 1.165) is 17.6 Å². The number of benzene rings is 4. The predicted octanol–water partition coefficient (Wildman–Crippen LogP) is 6.92. The van der Waals surface area contributed by atoms with Gasteiger partial charge in [-0.25, -0.2) is 0 Å². The molecule has 0 N–H and O–H groups in total. The number of quaternary nitrogens is 1. The van der Waals surface area contributed by atoms with E-state index in [2.05, 4.69) is 86.8 Å². The van der Waals surface area contributed by atoms with Gasteiger partial charge in [0.05, 0.1) is 13.6 Å². The van der Waals surface area contributed by atoms with Crippen LogP contribution in [0.15, 0.2) is 72.8 Å². The van der Waals surface area contributed by atoms with E-state index in [9.17, 15) is 0 Å². The van der Waals surface area contributed by atoms with Gasteiger partial charge in [-0.15, -0.1) is 0 Å². The summed E-state index contributed by atoms with van der Waals surface area (Å²) in [6, 6.07) is 27.2. The van der Waals surface area contributed by atoms with Gasteiger partial charge in [-0.05, 0) is 39.1 Å². The second-order valence-electron chi connectivity index (χ2n) is 8.65. The van der Waals surface area contributed by atoms with Crippen LogP contribution >= 0.6 is 0 Å². The minimum absolute atomic E-state index is 1.09. The lowest BCUT2D eigenvalue weighted by Crippen LogP contribution is -2.42. The first kappa shape index (κ1) is 17.5. The first-order chi connectivity index (χ1) is 13.7. The van der Waals surface area contributed by atoms with Gasteiger partial charge in [0, 0.05) is 11.1 Å². The smallest absolute Gasteiger partial charge is 0.105 e. The fourth-order valence-electron chi connectivity index (χ4n) is 5.06. The topological polar surface area (TPSA) is 0 Å². The maximum atomic E-state index is 2.44. The van der Waals surface area contributed by atoms with Crippen molar-refractivity contribution in [3.05, 3.63) is 83.9 Å². The standard InChI is InChI=1S/C27H28N/c1-3-4-17-28(2)18-22-15-13-20-9-5-7-11-24(20)26(22)27-23(19-28)16-14-21-10-6-8-12-25(21)27/h5-16H,3-4,17-19H2,1-2H3/q+1. The largest absolute Gasteiger partial charge is 0.319 e. The number of unbranched alkanes of at least 4 members (excludes halogenated alkanes) is 1. The van der Waals surface area contributed by atoms with Gasteiger partial charge < -0.3 is 4.48 Å². The summed E-state index contributed by atoms with van der Waals surface area (Å²) in [5.74, 6) is 0. The average Bonchev–Trinajstić information content (AvgIpc) is 2.86. The molecule has 1 heterocycles. The van der Waals surface area contributed by atoms with Crippen molar-refractivity contribution < 1.29 is 4.48 Å². The Morgan fingerprint density at radius 3 is 1.68 bits per heavy atom. The Morgan fingerprint density at radius 2 is 1.18 bits per heavy atom. The van der Waals surface area contributed by atoms with Crippen molar-refractivity contribution in [1.82, 2.24) is 0 Å². The van der Waals surface area contributed by atoms with E-state index in [1.165, 1.54) is 63.2 Å². The van der Waals surface area contributed by atoms with Crippen LogP contribution in [0.1, 0.15) is 30.9 Å². The highest BCUT2D eigenvalue weighted by molar-refractivity contribution is 6.07. The van der Waals surface area contributed by atoms with Gasteiger partial charge in [0.2, 0.25) is 0 Å². The Balaban J connectivity index is 1.87. The highest BCUT2D eigenvalue weighted by Crippen LogP contribution is 2.43. The van der Waals surface area contributed by atoms with Crippen LogP contribution in [-0.4, -0.2) is 18.1 Å². The SMILES string of the molecule is CCCC[N+]1(C)Cc2ccc3ccccc3c2-c2c(ccc3ccccc23)C1. The van der Waals surface area contributed by atoms with Gasteiger partial charge in [-0.2, -0.15) is 0 Å². The molecule has 0 aliphatic carbocycles. The molecule has 0 saturated heterocycles. The third-order valence-corrected chi connectivity index (χ3v) is 6.44. The second-order valence-corrected chi connectivity index (χ2v) is 8.65. The van der Waals surface area contributed by atoms with Crippen molar-refractivity contribution in [2.24, 2.45) is 0 Å². The van der Waals surface area contributed by atoms with Gasteiger partial charge in [0.15, 0.2) is 0 Å². The third kappa shape index (κ3) is 2.82. The zero-order chi connectivity index (χ0) is 19.1. The summed E-state index contributed by atoms with van der Waals surface area (Å²) in [5.41, 5.74) is 5.91. The Kier molecular flexibility index (Phi) is 4.21. The van der Waals surface area contributed by atoms with Gasteiger partial charge in [0.1, 0.15) is 13.1 Å². The van der Waals surface area contributed by atoms with Crippen molar-refractivity contribution in [2.75, 3.05) is 13.6 Å². The summed E-state index contributed by atoms with van der Waals surface area (Å²) in [7, 11) is 2.44. The van der Waals surface area contributed by atoms with Gasteiger partial charge >= 0.3 is 0 Å². The Hall–Kier alpha value is -2.64. The number of rotatable bonds is 3. The van der Waals surface area contributed by atoms with Crippen LogP contribution in [0.5, 0.6) is 0 Å². The number of hydrogen-bond acceptors (Lipinski definition) is 0. The Labute approximate surface area is 167 Å². The zero-order valence-corrected chi connectivity index (χ0v) is 16.9. The lowest BCUT2D eigenvalue weighted by atomic mass is 9.88. The molecule has 5 rings (SSSR count). The minimum Gasteiger partial charge on any atom is -0.319 e. The summed E-state index contributed by atoms with van der Waals surface area (Å²) in [5, 5.41) is 5.46. The molecule has 1 heteroatoms. The molecule has 1 nitrogen and oxygen atoms in total. The molecule has 4 aromatic rings. The molecule has 4 aromatic carbocycles. The van der Waals surface area contributed by atoms with Gasteiger partial charge in [-0.3, -0.25) is 0 Å². The van der Waals surface area contributed by atoms with E-state index in [1.54, 1.807) is 0 Å². The van der Waals surface area contributed by atoms with Crippen LogP contribution < -0.4 is 0 Å². The summed E-state index contributed by atoms with van der Waals surface area (Å²) in [4.78, 5) is 0. The molecule has 0 saturated carbocycles. The quantitative estimate of drug-likeness (QED) is 0.345. The van der Waals surface area contributed by atoms with Crippen LogP contribution in [0.4, 0.5) is 0 Å². The zero-order valence-electron chi connectivity index (χ0n) is 16.9. The van der Waals surface area contributed by atoms with Crippen LogP contribution in [-0.2, 0) is 13.1 Å². The third-order valence-electron chi connectivity index (χ3n) is 6.44. The van der Waals surface area contributed by atoms with Crippen LogP contribution in [0.2, 0.25) is 0 Å². The highest BCUT2D eigenvalue weighted by Gasteiger charge is 2.31. The lowest BCUT2D eigenvalue weighted by Gasteiger charge is -2.34. The average molecular weight is 367 g/mol. The minimum atomic E-state index is 1.09. The molecular formula is C27H28N+. The number of fused-ring (bicyclic) bond motifs is 7. The predicted molar refractivity (Wildman–Crippen MR) is 120 cm³/mol. The molecule has 28 heavy (non-hydrogen) atoms.